The summed E-state index contributed by atoms with van der Waals surface area (Å²) in [5, 5.41) is 10.8. The summed E-state index contributed by atoms with van der Waals surface area (Å²) in [4.78, 5) is 23.1. The zero-order valence-electron chi connectivity index (χ0n) is 16.1. The van der Waals surface area contributed by atoms with E-state index < -0.39 is 17.2 Å². The lowest BCUT2D eigenvalue weighted by molar-refractivity contribution is -0.119. The van der Waals surface area contributed by atoms with E-state index in [0.29, 0.717) is 11.0 Å². The number of carbonyl (C=O) groups excluding carboxylic acids is 2. The largest absolute Gasteiger partial charge is 0.351 e. The number of imide groups is 1. The van der Waals surface area contributed by atoms with Crippen molar-refractivity contribution in [3.05, 3.63) is 58.1 Å². The molecule has 29 heavy (non-hydrogen) atoms. The summed E-state index contributed by atoms with van der Waals surface area (Å²) < 4.78 is 2.88. The number of hydrogen-bond donors (Lipinski definition) is 2. The first kappa shape index (κ1) is 21.1. The van der Waals surface area contributed by atoms with Crippen LogP contribution < -0.4 is 11.1 Å². The number of rotatable bonds is 5. The fourth-order valence-electron chi connectivity index (χ4n) is 2.88. The van der Waals surface area contributed by atoms with Crippen LogP contribution in [0.2, 0.25) is 0 Å². The molecule has 3 amide bonds. The number of aromatic nitrogens is 3. The monoisotopic (exact) mass is 473 g/mol. The number of halogens is 1. The second-order valence-corrected chi connectivity index (χ2v) is 8.83. The second kappa shape index (κ2) is 8.79. The van der Waals surface area contributed by atoms with Crippen LogP contribution in [0.4, 0.5) is 4.79 Å². The van der Waals surface area contributed by atoms with Crippen LogP contribution >= 0.6 is 27.7 Å². The minimum Gasteiger partial charge on any atom is -0.351 e. The Hall–Kier alpha value is -2.65. The van der Waals surface area contributed by atoms with Crippen molar-refractivity contribution < 1.29 is 9.59 Å². The molecule has 2 aromatic carbocycles. The molecular weight excluding hydrogens is 454 g/mol. The smallest absolute Gasteiger partial charge is 0.318 e. The van der Waals surface area contributed by atoms with Crippen LogP contribution in [0.3, 0.4) is 0 Å². The van der Waals surface area contributed by atoms with Crippen molar-refractivity contribution >= 4 is 39.6 Å². The number of urea groups is 1. The molecule has 0 aliphatic heterocycles. The van der Waals surface area contributed by atoms with Crippen LogP contribution in [-0.2, 0) is 4.79 Å². The fourth-order valence-corrected chi connectivity index (χ4v) is 4.01. The van der Waals surface area contributed by atoms with Gasteiger partial charge in [-0.1, -0.05) is 45.9 Å². The van der Waals surface area contributed by atoms with Crippen LogP contribution in [-0.4, -0.2) is 32.0 Å². The molecule has 150 valence electrons. The molecule has 0 spiro atoms. The summed E-state index contributed by atoms with van der Waals surface area (Å²) >= 11 is 4.65. The van der Waals surface area contributed by atoms with Gasteiger partial charge in [-0.2, -0.15) is 0 Å². The molecule has 0 unspecified atom stereocenters. The van der Waals surface area contributed by atoms with Gasteiger partial charge in [0.1, 0.15) is 0 Å². The van der Waals surface area contributed by atoms with E-state index in [-0.39, 0.29) is 0 Å². The molecule has 0 aliphatic rings. The minimum atomic E-state index is -0.881. The van der Waals surface area contributed by atoms with Crippen LogP contribution in [0.25, 0.3) is 17.1 Å². The van der Waals surface area contributed by atoms with Gasteiger partial charge in [0.2, 0.25) is 5.91 Å². The van der Waals surface area contributed by atoms with Gasteiger partial charge in [-0.3, -0.25) is 14.7 Å². The Kier molecular flexibility index (Phi) is 6.39. The average molecular weight is 474 g/mol. The molecule has 1 atom stereocenters. The maximum atomic E-state index is 12.1. The summed E-state index contributed by atoms with van der Waals surface area (Å²) in [6.07, 6.45) is 0. The predicted molar refractivity (Wildman–Crippen MR) is 117 cm³/mol. The zero-order valence-corrected chi connectivity index (χ0v) is 18.5. The van der Waals surface area contributed by atoms with E-state index in [1.54, 1.807) is 6.92 Å². The quantitative estimate of drug-likeness (QED) is 0.545. The maximum absolute atomic E-state index is 12.1. The van der Waals surface area contributed by atoms with E-state index in [9.17, 15) is 9.59 Å². The van der Waals surface area contributed by atoms with Gasteiger partial charge in [0.15, 0.2) is 11.0 Å². The van der Waals surface area contributed by atoms with Gasteiger partial charge in [0.05, 0.1) is 10.9 Å². The third kappa shape index (κ3) is 5.04. The van der Waals surface area contributed by atoms with E-state index in [0.717, 1.165) is 26.9 Å². The van der Waals surface area contributed by atoms with Gasteiger partial charge in [0, 0.05) is 10.0 Å². The molecule has 1 aromatic heterocycles. The predicted octanol–water partition coefficient (Wildman–Crippen LogP) is 3.99. The van der Waals surface area contributed by atoms with E-state index in [4.69, 9.17) is 5.73 Å². The summed E-state index contributed by atoms with van der Waals surface area (Å²) in [6, 6.07) is 13.1. The van der Waals surface area contributed by atoms with Gasteiger partial charge in [-0.05, 0) is 56.2 Å². The highest BCUT2D eigenvalue weighted by atomic mass is 79.9. The summed E-state index contributed by atoms with van der Waals surface area (Å²) in [7, 11) is 0. The highest BCUT2D eigenvalue weighted by Gasteiger charge is 2.22. The highest BCUT2D eigenvalue weighted by Crippen LogP contribution is 2.31. The lowest BCUT2D eigenvalue weighted by Gasteiger charge is -2.14. The van der Waals surface area contributed by atoms with Gasteiger partial charge in [-0.15, -0.1) is 10.2 Å². The fraction of sp³-hybridized carbons (Fsp3) is 0.200. The first-order valence-electron chi connectivity index (χ1n) is 8.81. The molecule has 3 rings (SSSR count). The van der Waals surface area contributed by atoms with Crippen molar-refractivity contribution in [3.63, 3.8) is 0 Å². The second-order valence-electron chi connectivity index (χ2n) is 6.61. The number of carbonyl (C=O) groups is 2. The van der Waals surface area contributed by atoms with Gasteiger partial charge >= 0.3 is 6.03 Å². The van der Waals surface area contributed by atoms with E-state index in [1.165, 1.54) is 11.8 Å². The summed E-state index contributed by atoms with van der Waals surface area (Å²) in [5.41, 5.74) is 9.05. The summed E-state index contributed by atoms with van der Waals surface area (Å²) in [6.45, 7) is 5.73. The Morgan fingerprint density at radius 1 is 1.10 bits per heavy atom. The zero-order chi connectivity index (χ0) is 21.1. The molecule has 9 heteroatoms. The summed E-state index contributed by atoms with van der Waals surface area (Å²) in [5.74, 6) is 0.176. The van der Waals surface area contributed by atoms with E-state index in [2.05, 4.69) is 37.5 Å². The molecule has 0 aliphatic carbocycles. The normalized spacial score (nSPS) is 11.9. The van der Waals surface area contributed by atoms with Crippen LogP contribution in [0.15, 0.2) is 52.1 Å². The molecule has 1 heterocycles. The van der Waals surface area contributed by atoms with Crippen LogP contribution in [0, 0.1) is 13.8 Å². The Balaban J connectivity index is 2.08. The molecule has 0 saturated carbocycles. The first-order chi connectivity index (χ1) is 13.7. The molecule has 0 bridgehead atoms. The first-order valence-corrected chi connectivity index (χ1v) is 10.5. The standard InChI is InChI=1S/C20H20BrN5O2S/c1-11-8-12(2)10-16(9-11)26-17(14-4-6-15(21)7-5-14)24-25-20(26)29-13(3)18(27)23-19(22)28/h4-10,13H,1-3H3,(H3,22,23,27,28)/t13-/m0/s1. The number of nitrogens with two attached hydrogens (primary N) is 1. The van der Waals surface area contributed by atoms with Crippen molar-refractivity contribution in [2.24, 2.45) is 5.73 Å². The number of nitrogens with zero attached hydrogens (tertiary/aromatic N) is 3. The van der Waals surface area contributed by atoms with Crippen molar-refractivity contribution in [3.8, 4) is 17.1 Å². The molecular formula is C20H20BrN5O2S. The number of hydrogen-bond acceptors (Lipinski definition) is 5. The lowest BCUT2D eigenvalue weighted by Crippen LogP contribution is -2.39. The number of benzene rings is 2. The third-order valence-corrected chi connectivity index (χ3v) is 5.67. The Morgan fingerprint density at radius 3 is 2.31 bits per heavy atom. The Morgan fingerprint density at radius 2 is 1.72 bits per heavy atom. The number of thioether (sulfide) groups is 1. The van der Waals surface area contributed by atoms with Crippen LogP contribution in [0.5, 0.6) is 0 Å². The number of nitrogens with one attached hydrogen (secondary N) is 1. The van der Waals surface area contributed by atoms with Crippen molar-refractivity contribution in [1.29, 1.82) is 0 Å². The Bertz CT molecular complexity index is 1040. The van der Waals surface area contributed by atoms with E-state index in [1.807, 2.05) is 54.8 Å². The van der Waals surface area contributed by atoms with E-state index >= 15 is 0 Å². The average Bonchev–Trinajstić information content (AvgIpc) is 3.04. The SMILES string of the molecule is Cc1cc(C)cc(-n2c(S[C@@H](C)C(=O)NC(N)=O)nnc2-c2ccc(Br)cc2)c1. The number of primary amides is 1. The third-order valence-electron chi connectivity index (χ3n) is 4.10. The highest BCUT2D eigenvalue weighted by molar-refractivity contribution is 9.10. The molecule has 0 radical (unpaired) electrons. The van der Waals surface area contributed by atoms with Gasteiger partial charge in [-0.25, -0.2) is 4.79 Å². The molecule has 7 nitrogen and oxygen atoms in total. The van der Waals surface area contributed by atoms with Crippen molar-refractivity contribution in [2.45, 2.75) is 31.2 Å². The Labute approximate surface area is 181 Å². The van der Waals surface area contributed by atoms with Crippen molar-refractivity contribution in [1.82, 2.24) is 20.1 Å². The van der Waals surface area contributed by atoms with Gasteiger partial charge < -0.3 is 5.73 Å². The maximum Gasteiger partial charge on any atom is 0.318 e. The molecule has 3 aromatic rings. The van der Waals surface area contributed by atoms with Gasteiger partial charge in [0.25, 0.3) is 0 Å². The molecule has 0 fully saturated rings. The van der Waals surface area contributed by atoms with Crippen LogP contribution in [0.1, 0.15) is 18.1 Å². The minimum absolute atomic E-state index is 0.484. The lowest BCUT2D eigenvalue weighted by atomic mass is 10.1. The molecule has 0 saturated heterocycles. The topological polar surface area (TPSA) is 103 Å². The number of aryl methyl sites for hydroxylation is 2. The molecule has 3 N–H and O–H groups in total. The number of amides is 3. The van der Waals surface area contributed by atoms with Crippen molar-refractivity contribution in [2.75, 3.05) is 0 Å².